The number of nitrogens with one attached hydrogen (secondary N) is 1. The van der Waals surface area contributed by atoms with E-state index < -0.39 is 18.2 Å². The van der Waals surface area contributed by atoms with Gasteiger partial charge in [-0.1, -0.05) is 204 Å². The lowest BCUT2D eigenvalue weighted by molar-refractivity contribution is -0.151. The fraction of sp³-hybridized carbons (Fsp3) is 0.760. The second-order valence-corrected chi connectivity index (χ2v) is 15.8. The molecular formula is C50H89NO5. The lowest BCUT2D eigenvalue weighted by atomic mass is 10.0. The molecule has 6 heteroatoms. The summed E-state index contributed by atoms with van der Waals surface area (Å²) in [4.78, 5) is 26.0. The first-order valence-electron chi connectivity index (χ1n) is 23.5. The molecule has 0 aromatic heterocycles. The number of amides is 1. The standard InChI is InChI=1S/C50H89NO5/c1-4-7-10-13-16-19-22-23-24-25-26-27-28-29-32-35-38-41-46(56-50(55)43-40-37-34-31-21-18-15-12-9-6-3)44-49(54)51-47(45-52)48(53)42-39-36-33-30-20-17-14-11-8-5-2/h7,10,16,19,23-24,26-27,29,32,46-48,52-53H,4-6,8-9,11-15,17-18,20-22,25,28,30-31,33-45H2,1-3H3,(H,51,54)/b10-7-,19-16-,24-23-,27-26-,32-29-. The third kappa shape index (κ3) is 38.4. The van der Waals surface area contributed by atoms with Crippen molar-refractivity contribution in [2.75, 3.05) is 6.61 Å². The molecule has 0 saturated heterocycles. The first kappa shape index (κ1) is 53.6. The molecule has 0 aromatic rings. The number of rotatable bonds is 41. The second kappa shape index (κ2) is 43.7. The van der Waals surface area contributed by atoms with E-state index in [-0.39, 0.29) is 24.9 Å². The zero-order valence-electron chi connectivity index (χ0n) is 36.8. The molecule has 0 spiro atoms. The van der Waals surface area contributed by atoms with Gasteiger partial charge in [0.25, 0.3) is 0 Å². The highest BCUT2D eigenvalue weighted by Crippen LogP contribution is 2.16. The molecule has 0 saturated carbocycles. The van der Waals surface area contributed by atoms with E-state index in [4.69, 9.17) is 4.74 Å². The molecule has 0 heterocycles. The molecule has 324 valence electrons. The van der Waals surface area contributed by atoms with E-state index in [1.807, 2.05) is 0 Å². The first-order valence-corrected chi connectivity index (χ1v) is 23.5. The maximum absolute atomic E-state index is 13.1. The topological polar surface area (TPSA) is 95.9 Å². The van der Waals surface area contributed by atoms with Crippen molar-refractivity contribution in [3.63, 3.8) is 0 Å². The minimum atomic E-state index is -0.800. The van der Waals surface area contributed by atoms with Crippen molar-refractivity contribution in [2.45, 2.75) is 238 Å². The van der Waals surface area contributed by atoms with Crippen LogP contribution in [0.25, 0.3) is 0 Å². The van der Waals surface area contributed by atoms with Gasteiger partial charge < -0.3 is 20.3 Å². The monoisotopic (exact) mass is 784 g/mol. The first-order chi connectivity index (χ1) is 27.5. The van der Waals surface area contributed by atoms with Crippen molar-refractivity contribution in [1.29, 1.82) is 0 Å². The van der Waals surface area contributed by atoms with Crippen molar-refractivity contribution in [1.82, 2.24) is 5.32 Å². The maximum atomic E-state index is 13.1. The molecule has 0 fully saturated rings. The average Bonchev–Trinajstić information content (AvgIpc) is 3.19. The second-order valence-electron chi connectivity index (χ2n) is 15.8. The molecule has 3 unspecified atom stereocenters. The molecule has 0 aliphatic heterocycles. The SMILES string of the molecule is CC/C=C\C/C=C\C/C=C\C/C=C\C/C=C\CCCC(CC(=O)NC(CO)C(O)CCCCCCCCCCCC)OC(=O)CCCCCCCCCCCC. The van der Waals surface area contributed by atoms with E-state index in [1.54, 1.807) is 0 Å². The summed E-state index contributed by atoms with van der Waals surface area (Å²) in [6.45, 7) is 6.31. The van der Waals surface area contributed by atoms with Crippen LogP contribution in [0.5, 0.6) is 0 Å². The lowest BCUT2D eigenvalue weighted by Crippen LogP contribution is -2.46. The summed E-state index contributed by atoms with van der Waals surface area (Å²) in [6, 6.07) is -0.717. The van der Waals surface area contributed by atoms with Gasteiger partial charge >= 0.3 is 5.97 Å². The van der Waals surface area contributed by atoms with E-state index >= 15 is 0 Å². The van der Waals surface area contributed by atoms with Crippen LogP contribution in [-0.2, 0) is 14.3 Å². The maximum Gasteiger partial charge on any atom is 0.306 e. The summed E-state index contributed by atoms with van der Waals surface area (Å²) in [6.07, 6.45) is 52.8. The number of unbranched alkanes of at least 4 members (excludes halogenated alkanes) is 19. The van der Waals surface area contributed by atoms with Gasteiger partial charge in [-0.15, -0.1) is 0 Å². The van der Waals surface area contributed by atoms with Crippen molar-refractivity contribution in [2.24, 2.45) is 0 Å². The van der Waals surface area contributed by atoms with Crippen LogP contribution in [0, 0.1) is 0 Å². The van der Waals surface area contributed by atoms with E-state index in [1.165, 1.54) is 89.9 Å². The third-order valence-electron chi connectivity index (χ3n) is 10.4. The van der Waals surface area contributed by atoms with Gasteiger partial charge in [0.15, 0.2) is 0 Å². The summed E-state index contributed by atoms with van der Waals surface area (Å²) in [5.74, 6) is -0.533. The highest BCUT2D eigenvalue weighted by Gasteiger charge is 2.24. The van der Waals surface area contributed by atoms with Crippen LogP contribution >= 0.6 is 0 Å². The number of ether oxygens (including phenoxy) is 1. The molecule has 6 nitrogen and oxygen atoms in total. The van der Waals surface area contributed by atoms with Crippen molar-refractivity contribution >= 4 is 11.9 Å². The highest BCUT2D eigenvalue weighted by molar-refractivity contribution is 5.77. The highest BCUT2D eigenvalue weighted by atomic mass is 16.5. The van der Waals surface area contributed by atoms with Gasteiger partial charge in [-0.25, -0.2) is 0 Å². The van der Waals surface area contributed by atoms with E-state index in [2.05, 4.69) is 86.8 Å². The van der Waals surface area contributed by atoms with Crippen molar-refractivity contribution < 1.29 is 24.5 Å². The number of hydrogen-bond donors (Lipinski definition) is 3. The lowest BCUT2D eigenvalue weighted by Gasteiger charge is -2.24. The van der Waals surface area contributed by atoms with Gasteiger partial charge in [-0.3, -0.25) is 9.59 Å². The number of hydrogen-bond acceptors (Lipinski definition) is 5. The number of carbonyl (C=O) groups is 2. The summed E-state index contributed by atoms with van der Waals surface area (Å²) >= 11 is 0. The summed E-state index contributed by atoms with van der Waals surface area (Å²) in [7, 11) is 0. The molecule has 56 heavy (non-hydrogen) atoms. The van der Waals surface area contributed by atoms with Gasteiger partial charge in [0.1, 0.15) is 6.10 Å². The Morgan fingerprint density at radius 3 is 1.43 bits per heavy atom. The third-order valence-corrected chi connectivity index (χ3v) is 10.4. The van der Waals surface area contributed by atoms with Crippen LogP contribution in [0.4, 0.5) is 0 Å². The smallest absolute Gasteiger partial charge is 0.306 e. The predicted octanol–water partition coefficient (Wildman–Crippen LogP) is 13.7. The van der Waals surface area contributed by atoms with E-state index in [0.29, 0.717) is 19.3 Å². The Balaban J connectivity index is 4.72. The number of carbonyl (C=O) groups excluding carboxylic acids is 2. The molecule has 3 N–H and O–H groups in total. The van der Waals surface area contributed by atoms with Gasteiger partial charge in [-0.05, 0) is 64.2 Å². The Hall–Kier alpha value is -2.44. The minimum Gasteiger partial charge on any atom is -0.462 e. The Kier molecular flexibility index (Phi) is 41.8. The fourth-order valence-corrected chi connectivity index (χ4v) is 6.81. The van der Waals surface area contributed by atoms with Crippen LogP contribution in [0.1, 0.15) is 220 Å². The number of aliphatic hydroxyl groups is 2. The van der Waals surface area contributed by atoms with Crippen LogP contribution in [0.15, 0.2) is 60.8 Å². The molecular weight excluding hydrogens is 695 g/mol. The Morgan fingerprint density at radius 1 is 0.536 bits per heavy atom. The molecule has 0 radical (unpaired) electrons. The largest absolute Gasteiger partial charge is 0.462 e. The Bertz CT molecular complexity index is 1010. The molecule has 0 aliphatic carbocycles. The summed E-state index contributed by atoms with van der Waals surface area (Å²) < 4.78 is 5.87. The zero-order valence-corrected chi connectivity index (χ0v) is 36.8. The molecule has 0 rings (SSSR count). The van der Waals surface area contributed by atoms with E-state index in [0.717, 1.165) is 83.5 Å². The normalized spacial score (nSPS) is 13.9. The van der Waals surface area contributed by atoms with Crippen LogP contribution in [-0.4, -0.2) is 46.9 Å². The Morgan fingerprint density at radius 2 is 0.964 bits per heavy atom. The quantitative estimate of drug-likeness (QED) is 0.0326. The summed E-state index contributed by atoms with van der Waals surface area (Å²) in [5.41, 5.74) is 0. The minimum absolute atomic E-state index is 0.0386. The van der Waals surface area contributed by atoms with E-state index in [9.17, 15) is 19.8 Å². The van der Waals surface area contributed by atoms with Gasteiger partial charge in [0.05, 0.1) is 25.2 Å². The van der Waals surface area contributed by atoms with Gasteiger partial charge in [-0.2, -0.15) is 0 Å². The number of esters is 1. The van der Waals surface area contributed by atoms with Crippen LogP contribution in [0.2, 0.25) is 0 Å². The molecule has 0 aromatic carbocycles. The molecule has 0 bridgehead atoms. The molecule has 1 amide bonds. The van der Waals surface area contributed by atoms with Gasteiger partial charge in [0.2, 0.25) is 5.91 Å². The van der Waals surface area contributed by atoms with Crippen molar-refractivity contribution in [3.05, 3.63) is 60.8 Å². The molecule has 3 atom stereocenters. The Labute approximate surface area is 346 Å². The number of aliphatic hydroxyl groups excluding tert-OH is 2. The fourth-order valence-electron chi connectivity index (χ4n) is 6.81. The van der Waals surface area contributed by atoms with Crippen LogP contribution in [0.3, 0.4) is 0 Å². The van der Waals surface area contributed by atoms with Crippen LogP contribution < -0.4 is 5.32 Å². The average molecular weight is 784 g/mol. The van der Waals surface area contributed by atoms with Crippen molar-refractivity contribution in [3.8, 4) is 0 Å². The molecule has 0 aliphatic rings. The zero-order chi connectivity index (χ0) is 41.0. The predicted molar refractivity (Wildman–Crippen MR) is 241 cm³/mol. The number of allylic oxidation sites excluding steroid dienone is 10. The van der Waals surface area contributed by atoms with Gasteiger partial charge in [0, 0.05) is 6.42 Å². The summed E-state index contributed by atoms with van der Waals surface area (Å²) in [5, 5.41) is 23.6.